The fourth-order valence-electron chi connectivity index (χ4n) is 2.52. The van der Waals surface area contributed by atoms with Crippen LogP contribution in [0.4, 0.5) is 4.79 Å². The predicted octanol–water partition coefficient (Wildman–Crippen LogP) is 3.95. The zero-order valence-electron chi connectivity index (χ0n) is 15.1. The molecule has 0 heterocycles. The number of nitrogens with one attached hydrogen (secondary N) is 1. The number of alkyl carbamates (subject to hydrolysis) is 1. The summed E-state index contributed by atoms with van der Waals surface area (Å²) < 4.78 is 10.0. The van der Waals surface area contributed by atoms with Crippen LogP contribution in [0.2, 0.25) is 0 Å². The number of carbonyl (C=O) groups is 2. The predicted molar refractivity (Wildman–Crippen MR) is 105 cm³/mol. The van der Waals surface area contributed by atoms with Gasteiger partial charge >= 0.3 is 12.1 Å². The molecule has 0 fully saturated rings. The van der Waals surface area contributed by atoms with Gasteiger partial charge in [-0.3, -0.25) is 0 Å². The maximum absolute atomic E-state index is 12.1. The Morgan fingerprint density at radius 2 is 1.81 bits per heavy atom. The van der Waals surface area contributed by atoms with E-state index in [9.17, 15) is 9.59 Å². The highest BCUT2D eigenvalue weighted by atomic mass is 35.5. The van der Waals surface area contributed by atoms with E-state index < -0.39 is 18.1 Å². The summed E-state index contributed by atoms with van der Waals surface area (Å²) in [5, 5.41) is 2.58. The quantitative estimate of drug-likeness (QED) is 0.550. The van der Waals surface area contributed by atoms with E-state index in [0.717, 1.165) is 16.7 Å². The molecule has 142 valence electrons. The fraction of sp³-hybridized carbons (Fsp3) is 0.238. The van der Waals surface area contributed by atoms with Gasteiger partial charge in [0, 0.05) is 12.3 Å². The molecule has 0 aliphatic carbocycles. The first-order valence-corrected chi connectivity index (χ1v) is 9.03. The molecule has 1 N–H and O–H groups in total. The molecular weight excluding hydrogens is 366 g/mol. The Bertz CT molecular complexity index is 777. The molecule has 2 aromatic carbocycles. The summed E-state index contributed by atoms with van der Waals surface area (Å²) in [5.41, 5.74) is 2.67. The molecule has 0 aromatic heterocycles. The molecule has 1 amide bonds. The van der Waals surface area contributed by atoms with E-state index in [-0.39, 0.29) is 13.0 Å². The molecule has 0 aliphatic heterocycles. The zero-order chi connectivity index (χ0) is 19.5. The van der Waals surface area contributed by atoms with Crippen molar-refractivity contribution in [2.24, 2.45) is 0 Å². The first-order chi connectivity index (χ1) is 13.1. The summed E-state index contributed by atoms with van der Waals surface area (Å²) in [5.74, 6) is -0.151. The normalized spacial score (nSPS) is 11.8. The first kappa shape index (κ1) is 20.5. The first-order valence-electron chi connectivity index (χ1n) is 8.49. The molecule has 2 aromatic rings. The maximum Gasteiger partial charge on any atom is 0.408 e. The Morgan fingerprint density at radius 3 is 2.52 bits per heavy atom. The van der Waals surface area contributed by atoms with Gasteiger partial charge in [0.1, 0.15) is 12.6 Å². The van der Waals surface area contributed by atoms with E-state index in [1.54, 1.807) is 0 Å². The molecular formula is C21H22ClNO4. The van der Waals surface area contributed by atoms with Crippen LogP contribution in [0.15, 0.2) is 60.7 Å². The van der Waals surface area contributed by atoms with Crippen LogP contribution in [0, 0.1) is 0 Å². The van der Waals surface area contributed by atoms with Gasteiger partial charge in [-0.15, -0.1) is 11.6 Å². The zero-order valence-corrected chi connectivity index (χ0v) is 15.8. The Balaban J connectivity index is 2.04. The van der Waals surface area contributed by atoms with Gasteiger partial charge in [-0.2, -0.15) is 0 Å². The van der Waals surface area contributed by atoms with Gasteiger partial charge in [0.05, 0.1) is 7.11 Å². The lowest BCUT2D eigenvalue weighted by molar-refractivity contribution is -0.143. The number of rotatable bonds is 8. The third kappa shape index (κ3) is 6.79. The van der Waals surface area contributed by atoms with Crippen molar-refractivity contribution in [3.8, 4) is 0 Å². The maximum atomic E-state index is 12.1. The van der Waals surface area contributed by atoms with Crippen LogP contribution in [0.5, 0.6) is 0 Å². The highest BCUT2D eigenvalue weighted by Crippen LogP contribution is 2.14. The van der Waals surface area contributed by atoms with Crippen LogP contribution in [0.3, 0.4) is 0 Å². The number of amides is 1. The van der Waals surface area contributed by atoms with Gasteiger partial charge in [-0.05, 0) is 16.7 Å². The third-order valence-corrected chi connectivity index (χ3v) is 4.03. The highest BCUT2D eigenvalue weighted by Gasteiger charge is 2.23. The van der Waals surface area contributed by atoms with Crippen LogP contribution in [-0.2, 0) is 27.3 Å². The summed E-state index contributed by atoms with van der Waals surface area (Å²) in [6.45, 7) is 0.121. The lowest BCUT2D eigenvalue weighted by atomic mass is 10.00. The summed E-state index contributed by atoms with van der Waals surface area (Å²) in [4.78, 5) is 24.2. The Kier molecular flexibility index (Phi) is 8.39. The van der Waals surface area contributed by atoms with E-state index in [1.807, 2.05) is 66.7 Å². The average Bonchev–Trinajstić information content (AvgIpc) is 2.71. The minimum Gasteiger partial charge on any atom is -0.467 e. The van der Waals surface area contributed by atoms with Crippen molar-refractivity contribution in [3.05, 3.63) is 77.4 Å². The minimum atomic E-state index is -0.858. The van der Waals surface area contributed by atoms with E-state index in [4.69, 9.17) is 21.1 Å². The van der Waals surface area contributed by atoms with Crippen molar-refractivity contribution in [1.29, 1.82) is 0 Å². The van der Waals surface area contributed by atoms with Crippen molar-refractivity contribution in [1.82, 2.24) is 5.32 Å². The van der Waals surface area contributed by atoms with Crippen molar-refractivity contribution in [2.45, 2.75) is 19.1 Å². The van der Waals surface area contributed by atoms with Gasteiger partial charge < -0.3 is 14.8 Å². The van der Waals surface area contributed by atoms with Gasteiger partial charge in [0.25, 0.3) is 0 Å². The van der Waals surface area contributed by atoms with Gasteiger partial charge in [0.15, 0.2) is 0 Å². The topological polar surface area (TPSA) is 64.6 Å². The number of ether oxygens (including phenoxy) is 2. The number of methoxy groups -OCH3 is 1. The number of halogens is 1. The van der Waals surface area contributed by atoms with Gasteiger partial charge in [0.2, 0.25) is 0 Å². The molecule has 0 aliphatic rings. The smallest absolute Gasteiger partial charge is 0.408 e. The number of hydrogen-bond acceptors (Lipinski definition) is 4. The molecule has 0 spiro atoms. The van der Waals surface area contributed by atoms with Crippen molar-refractivity contribution in [2.75, 3.05) is 13.0 Å². The number of esters is 1. The number of carbonyl (C=O) groups excluding carboxylic acids is 2. The van der Waals surface area contributed by atoms with E-state index in [0.29, 0.717) is 5.88 Å². The monoisotopic (exact) mass is 387 g/mol. The third-order valence-electron chi connectivity index (χ3n) is 3.86. The number of hydrogen-bond donors (Lipinski definition) is 1. The SMILES string of the molecule is COC(=O)C(Cc1ccccc1/C=C\CCl)NC(=O)OCc1ccccc1. The molecule has 1 unspecified atom stereocenters. The van der Waals surface area contributed by atoms with Crippen molar-refractivity contribution >= 4 is 29.7 Å². The van der Waals surface area contributed by atoms with Crippen LogP contribution in [-0.4, -0.2) is 31.1 Å². The fourth-order valence-corrected chi connectivity index (χ4v) is 2.61. The number of allylic oxidation sites excluding steroid dienone is 1. The number of benzene rings is 2. The summed E-state index contributed by atoms with van der Waals surface area (Å²) in [7, 11) is 1.28. The Labute approximate surface area is 163 Å². The standard InChI is InChI=1S/C21H22ClNO4/c1-26-20(24)19(14-18-11-6-5-10-17(18)12-7-13-22)23-21(25)27-15-16-8-3-2-4-9-16/h2-12,19H,13-15H2,1H3,(H,23,25)/b12-7-. The molecule has 0 saturated heterocycles. The lowest BCUT2D eigenvalue weighted by Gasteiger charge is -2.17. The van der Waals surface area contributed by atoms with Crippen molar-refractivity contribution in [3.63, 3.8) is 0 Å². The summed E-state index contributed by atoms with van der Waals surface area (Å²) in [6, 6.07) is 16.0. The molecule has 0 radical (unpaired) electrons. The van der Waals surface area contributed by atoms with Gasteiger partial charge in [-0.25, -0.2) is 9.59 Å². The van der Waals surface area contributed by atoms with Crippen LogP contribution in [0.1, 0.15) is 16.7 Å². The molecule has 0 bridgehead atoms. The second kappa shape index (κ2) is 11.0. The van der Waals surface area contributed by atoms with Crippen LogP contribution in [0.25, 0.3) is 6.08 Å². The average molecular weight is 388 g/mol. The van der Waals surface area contributed by atoms with E-state index in [1.165, 1.54) is 7.11 Å². The summed E-state index contributed by atoms with van der Waals surface area (Å²) in [6.07, 6.45) is 3.29. The second-order valence-corrected chi connectivity index (χ2v) is 6.05. The van der Waals surface area contributed by atoms with Crippen molar-refractivity contribution < 1.29 is 19.1 Å². The van der Waals surface area contributed by atoms with Crippen LogP contribution >= 0.6 is 11.6 Å². The second-order valence-electron chi connectivity index (χ2n) is 5.74. The van der Waals surface area contributed by atoms with E-state index >= 15 is 0 Å². The Hall–Kier alpha value is -2.79. The van der Waals surface area contributed by atoms with Crippen LogP contribution < -0.4 is 5.32 Å². The molecule has 1 atom stereocenters. The van der Waals surface area contributed by atoms with Gasteiger partial charge in [-0.1, -0.05) is 66.7 Å². The highest BCUT2D eigenvalue weighted by molar-refractivity contribution is 6.19. The minimum absolute atomic E-state index is 0.121. The lowest BCUT2D eigenvalue weighted by Crippen LogP contribution is -2.43. The molecule has 6 heteroatoms. The molecule has 5 nitrogen and oxygen atoms in total. The molecule has 27 heavy (non-hydrogen) atoms. The molecule has 2 rings (SSSR count). The van der Waals surface area contributed by atoms with E-state index in [2.05, 4.69) is 5.32 Å². The Morgan fingerprint density at radius 1 is 1.11 bits per heavy atom. The summed E-state index contributed by atoms with van der Waals surface area (Å²) >= 11 is 5.70. The largest absolute Gasteiger partial charge is 0.467 e. The number of alkyl halides is 1. The molecule has 0 saturated carbocycles.